The maximum absolute atomic E-state index is 10.5. The Morgan fingerprint density at radius 1 is 0.824 bits per heavy atom. The minimum absolute atomic E-state index is 0. The molecule has 3 aromatic heterocycles. The number of allylic oxidation sites excluding steroid dienone is 2. The third-order valence-corrected chi connectivity index (χ3v) is 9.85. The van der Waals surface area contributed by atoms with Crippen LogP contribution in [0.2, 0.25) is 0 Å². The third-order valence-electron chi connectivity index (χ3n) is 8.96. The van der Waals surface area contributed by atoms with E-state index in [-0.39, 0.29) is 31.6 Å². The average Bonchev–Trinajstić information content (AvgIpc) is 3.90. The number of hydrogen-bond donors (Lipinski definition) is 1. The summed E-state index contributed by atoms with van der Waals surface area (Å²) in [6, 6.07) is 34.8. The molecule has 0 bridgehead atoms. The fourth-order valence-electron chi connectivity index (χ4n) is 6.22. The van der Waals surface area contributed by atoms with Gasteiger partial charge in [0.05, 0.1) is 22.6 Å². The predicted molar refractivity (Wildman–Crippen MR) is 210 cm³/mol. The number of rotatable bonds is 9. The van der Waals surface area contributed by atoms with Gasteiger partial charge in [0.15, 0.2) is 5.78 Å². The number of ketones is 1. The number of fused-ring (bicyclic) bond motifs is 2. The van der Waals surface area contributed by atoms with Gasteiger partial charge < -0.3 is 14.2 Å². The molecule has 0 unspecified atom stereocenters. The first-order valence-corrected chi connectivity index (χ1v) is 18.2. The summed E-state index contributed by atoms with van der Waals surface area (Å²) in [6.45, 7) is 12.8. The molecule has 51 heavy (non-hydrogen) atoms. The van der Waals surface area contributed by atoms with E-state index in [9.17, 15) is 4.79 Å². The second-order valence-corrected chi connectivity index (χ2v) is 13.9. The molecule has 263 valence electrons. The van der Waals surface area contributed by atoms with Crippen molar-refractivity contribution in [2.75, 3.05) is 0 Å². The molecule has 5 nitrogen and oxygen atoms in total. The van der Waals surface area contributed by atoms with Crippen molar-refractivity contribution in [1.82, 2.24) is 14.1 Å². The number of imidazole rings is 1. The first-order valence-electron chi connectivity index (χ1n) is 17.4. The molecule has 0 aliphatic carbocycles. The summed E-state index contributed by atoms with van der Waals surface area (Å²) < 4.78 is 5.77. The van der Waals surface area contributed by atoms with E-state index >= 15 is 0 Å². The molecule has 0 saturated carbocycles. The van der Waals surface area contributed by atoms with Crippen LogP contribution in [-0.2, 0) is 24.9 Å². The normalized spacial score (nSPS) is 11.6. The van der Waals surface area contributed by atoms with Gasteiger partial charge in [-0.3, -0.25) is 21.1 Å². The quantitative estimate of drug-likeness (QED) is 0.0893. The van der Waals surface area contributed by atoms with E-state index in [1.54, 1.807) is 25.2 Å². The van der Waals surface area contributed by atoms with Gasteiger partial charge in [0, 0.05) is 62.8 Å². The standard InChI is InChI=1S/C37H32N3S.C7H12O2.Ir/c1-24(2)29-20-27(26-12-6-5-7-13-26)21-30(25(3)4)36(29)40-34-15-9-8-14-33(34)38-37(40)32-23-41-35-17-16-28(22-31(32)35)39-18-10-11-19-39;1-3-6(8)5-7(9)4-2;/h5-22,24-25H,1-4H3;5,8H,3-4H2,1-2H3;/q-1;;/b;6-5-;. The van der Waals surface area contributed by atoms with E-state index < -0.39 is 0 Å². The van der Waals surface area contributed by atoms with Crippen molar-refractivity contribution in [1.29, 1.82) is 0 Å². The number of carbonyl (C=O) groups excluding carboxylic acids is 1. The van der Waals surface area contributed by atoms with Gasteiger partial charge in [-0.25, -0.2) is 0 Å². The van der Waals surface area contributed by atoms with Gasteiger partial charge in [-0.15, -0.1) is 5.39 Å². The van der Waals surface area contributed by atoms with Crippen molar-refractivity contribution in [3.8, 4) is 33.9 Å². The number of aliphatic hydroxyl groups excluding tert-OH is 1. The van der Waals surface area contributed by atoms with E-state index in [0.29, 0.717) is 24.7 Å². The van der Waals surface area contributed by atoms with Gasteiger partial charge >= 0.3 is 0 Å². The summed E-state index contributed by atoms with van der Waals surface area (Å²) in [6.07, 6.45) is 6.45. The zero-order valence-electron chi connectivity index (χ0n) is 30.0. The Bertz CT molecular complexity index is 2250. The molecular formula is C44H44IrN3O2S-. The topological polar surface area (TPSA) is 60.0 Å². The summed E-state index contributed by atoms with van der Waals surface area (Å²) in [4.78, 5) is 15.8. The summed E-state index contributed by atoms with van der Waals surface area (Å²) in [5.74, 6) is 1.74. The maximum Gasteiger partial charge on any atom is 0.158 e. The summed E-state index contributed by atoms with van der Waals surface area (Å²) in [5.41, 5.74) is 10.7. The zero-order chi connectivity index (χ0) is 35.4. The van der Waals surface area contributed by atoms with E-state index in [1.165, 1.54) is 44.1 Å². The Morgan fingerprint density at radius 3 is 2.10 bits per heavy atom. The second kappa shape index (κ2) is 16.6. The monoisotopic (exact) mass is 871 g/mol. The third kappa shape index (κ3) is 8.02. The van der Waals surface area contributed by atoms with Crippen LogP contribution in [0.4, 0.5) is 0 Å². The number of thiophene rings is 1. The number of benzene rings is 4. The molecule has 0 aliphatic heterocycles. The first-order chi connectivity index (χ1) is 24.2. The summed E-state index contributed by atoms with van der Waals surface area (Å²) in [7, 11) is 0. The van der Waals surface area contributed by atoms with Gasteiger partial charge in [-0.2, -0.15) is 0 Å². The van der Waals surface area contributed by atoms with E-state index in [1.807, 2.05) is 0 Å². The van der Waals surface area contributed by atoms with Crippen molar-refractivity contribution < 1.29 is 30.0 Å². The Morgan fingerprint density at radius 2 is 1.47 bits per heavy atom. The second-order valence-electron chi connectivity index (χ2n) is 13.1. The molecule has 7 aromatic rings. The molecule has 0 fully saturated rings. The molecule has 0 aliphatic rings. The molecule has 1 N–H and O–H groups in total. The van der Waals surface area contributed by atoms with Gasteiger partial charge in [-0.05, 0) is 76.6 Å². The number of nitrogens with zero attached hydrogens (tertiary/aromatic N) is 3. The molecular weight excluding hydrogens is 827 g/mol. The van der Waals surface area contributed by atoms with Crippen LogP contribution in [0.3, 0.4) is 0 Å². The van der Waals surface area contributed by atoms with Crippen LogP contribution in [0.15, 0.2) is 121 Å². The number of hydrogen-bond acceptors (Lipinski definition) is 4. The van der Waals surface area contributed by atoms with Gasteiger partial charge in [-0.1, -0.05) is 112 Å². The number of carbonyl (C=O) groups is 1. The number of para-hydroxylation sites is 2. The van der Waals surface area contributed by atoms with Crippen molar-refractivity contribution in [2.24, 2.45) is 0 Å². The van der Waals surface area contributed by atoms with Crippen molar-refractivity contribution in [3.05, 3.63) is 138 Å². The van der Waals surface area contributed by atoms with Crippen LogP contribution in [0, 0.1) is 5.38 Å². The minimum atomic E-state index is -0.0191. The SMILES string of the molecule is CC(C)c1cc(-c2ccccc2)cc(C(C)C)c1-n1c(-c2[c-]sc3ccc(-n4cccc4)cc23)nc2ccccc21.CCC(=O)/C=C(\O)CC.[Ir]. The van der Waals surface area contributed by atoms with Crippen LogP contribution in [-0.4, -0.2) is 25.0 Å². The molecule has 3 heterocycles. The predicted octanol–water partition coefficient (Wildman–Crippen LogP) is 12.2. The van der Waals surface area contributed by atoms with Crippen LogP contribution < -0.4 is 0 Å². The molecule has 0 saturated heterocycles. The van der Waals surface area contributed by atoms with Crippen LogP contribution >= 0.6 is 11.3 Å². The largest absolute Gasteiger partial charge is 0.512 e. The van der Waals surface area contributed by atoms with Gasteiger partial charge in [0.2, 0.25) is 0 Å². The van der Waals surface area contributed by atoms with Crippen molar-refractivity contribution in [2.45, 2.75) is 66.2 Å². The molecule has 0 atom stereocenters. The smallest absolute Gasteiger partial charge is 0.158 e. The summed E-state index contributed by atoms with van der Waals surface area (Å²) in [5, 5.41) is 13.6. The van der Waals surface area contributed by atoms with E-state index in [4.69, 9.17) is 10.1 Å². The minimum Gasteiger partial charge on any atom is -0.512 e. The Hall–Kier alpha value is -4.55. The molecule has 4 aromatic carbocycles. The van der Waals surface area contributed by atoms with Crippen LogP contribution in [0.5, 0.6) is 0 Å². The first kappa shape index (κ1) is 37.7. The van der Waals surface area contributed by atoms with E-state index in [2.05, 4.69) is 152 Å². The molecule has 7 rings (SSSR count). The number of aliphatic hydroxyl groups is 1. The Balaban J connectivity index is 0.000000448. The molecule has 7 heteroatoms. The van der Waals surface area contributed by atoms with Crippen LogP contribution in [0.1, 0.15) is 77.3 Å². The molecule has 1 radical (unpaired) electrons. The summed E-state index contributed by atoms with van der Waals surface area (Å²) >= 11 is 1.66. The maximum atomic E-state index is 10.5. The van der Waals surface area contributed by atoms with Crippen LogP contribution in [0.25, 0.3) is 55.0 Å². The fraction of sp³-hybridized carbons (Fsp3) is 0.227. The fourth-order valence-corrected chi connectivity index (χ4v) is 7.04. The van der Waals surface area contributed by atoms with Crippen molar-refractivity contribution >= 4 is 38.2 Å². The number of aromatic nitrogens is 3. The average molecular weight is 871 g/mol. The zero-order valence-corrected chi connectivity index (χ0v) is 33.2. The molecule has 0 amide bonds. The Labute approximate surface area is 318 Å². The Kier molecular flexibility index (Phi) is 12.3. The van der Waals surface area contributed by atoms with Gasteiger partial charge in [0.25, 0.3) is 0 Å². The molecule has 0 spiro atoms. The van der Waals surface area contributed by atoms with Gasteiger partial charge in [0.1, 0.15) is 0 Å². The van der Waals surface area contributed by atoms with Crippen molar-refractivity contribution in [3.63, 3.8) is 0 Å². The van der Waals surface area contributed by atoms with E-state index in [0.717, 1.165) is 28.1 Å².